The SMILES string of the molecule is CCOC(=O)C1=C(C)N=C(C)C(C(=O)OC)C1c1cccc(NC(=O)NCCCN2CCN(c3ccccc3C)CC2)c1. The van der Waals surface area contributed by atoms with Gasteiger partial charge in [-0.1, -0.05) is 30.3 Å². The number of rotatable bonds is 10. The number of carbonyl (C=O) groups is 3. The van der Waals surface area contributed by atoms with Gasteiger partial charge >= 0.3 is 18.0 Å². The standard InChI is InChI=1S/C33H43N5O5/c1-6-43-32(40)29-24(4)35-23(3)28(31(39)42-5)30(29)25-12-9-13-26(21-25)36-33(41)34-15-10-16-37-17-19-38(20-18-37)27-14-8-7-11-22(27)2/h7-9,11-14,21,28,30H,6,10,15-20H2,1-5H3,(H2,34,36,41). The van der Waals surface area contributed by atoms with Gasteiger partial charge in [-0.3, -0.25) is 14.7 Å². The summed E-state index contributed by atoms with van der Waals surface area (Å²) >= 11 is 0. The van der Waals surface area contributed by atoms with Crippen molar-refractivity contribution in [3.63, 3.8) is 0 Å². The Bertz CT molecular complexity index is 1380. The molecule has 0 saturated carbocycles. The van der Waals surface area contributed by atoms with Crippen molar-refractivity contribution in [3.8, 4) is 0 Å². The summed E-state index contributed by atoms with van der Waals surface area (Å²) in [4.78, 5) is 47.9. The van der Waals surface area contributed by atoms with Crippen LogP contribution < -0.4 is 15.5 Å². The summed E-state index contributed by atoms with van der Waals surface area (Å²) in [6.07, 6.45) is 0.840. The molecule has 2 aliphatic rings. The third kappa shape index (κ3) is 7.81. The highest BCUT2D eigenvalue weighted by Gasteiger charge is 2.42. The fourth-order valence-corrected chi connectivity index (χ4v) is 5.92. The molecular weight excluding hydrogens is 546 g/mol. The van der Waals surface area contributed by atoms with E-state index in [1.807, 2.05) is 6.07 Å². The number of nitrogens with one attached hydrogen (secondary N) is 2. The lowest BCUT2D eigenvalue weighted by atomic mass is 9.75. The number of piperazine rings is 1. The van der Waals surface area contributed by atoms with E-state index in [-0.39, 0.29) is 12.6 Å². The maximum Gasteiger partial charge on any atom is 0.336 e. The molecule has 1 fully saturated rings. The minimum Gasteiger partial charge on any atom is -0.468 e. The molecule has 10 nitrogen and oxygen atoms in total. The van der Waals surface area contributed by atoms with Crippen LogP contribution >= 0.6 is 0 Å². The molecule has 2 aliphatic heterocycles. The van der Waals surface area contributed by atoms with Gasteiger partial charge in [0.15, 0.2) is 0 Å². The van der Waals surface area contributed by atoms with E-state index in [0.717, 1.165) is 39.1 Å². The van der Waals surface area contributed by atoms with Gasteiger partial charge in [-0.25, -0.2) is 9.59 Å². The van der Waals surface area contributed by atoms with Gasteiger partial charge in [-0.2, -0.15) is 0 Å². The Kier molecular flexibility index (Phi) is 10.9. The second kappa shape index (κ2) is 14.8. The molecule has 10 heteroatoms. The number of methoxy groups -OCH3 is 1. The van der Waals surface area contributed by atoms with Crippen LogP contribution in [-0.2, 0) is 19.1 Å². The largest absolute Gasteiger partial charge is 0.468 e. The number of esters is 2. The molecule has 0 aromatic heterocycles. The zero-order chi connectivity index (χ0) is 30.9. The van der Waals surface area contributed by atoms with Crippen LogP contribution in [0.15, 0.2) is 64.8 Å². The van der Waals surface area contributed by atoms with Crippen molar-refractivity contribution in [2.24, 2.45) is 10.9 Å². The molecule has 2 heterocycles. The molecule has 0 bridgehead atoms. The van der Waals surface area contributed by atoms with Gasteiger partial charge in [-0.15, -0.1) is 0 Å². The monoisotopic (exact) mass is 589 g/mol. The second-order valence-electron chi connectivity index (χ2n) is 10.9. The maximum absolute atomic E-state index is 13.0. The van der Waals surface area contributed by atoms with Crippen molar-refractivity contribution >= 4 is 35.1 Å². The number of benzene rings is 2. The van der Waals surface area contributed by atoms with Crippen LogP contribution in [-0.4, -0.2) is 81.6 Å². The molecular formula is C33H43N5O5. The second-order valence-corrected chi connectivity index (χ2v) is 10.9. The van der Waals surface area contributed by atoms with Crippen LogP contribution in [0.5, 0.6) is 0 Å². The van der Waals surface area contributed by atoms with Gasteiger partial charge < -0.3 is 25.0 Å². The predicted octanol–water partition coefficient (Wildman–Crippen LogP) is 4.51. The molecule has 2 aromatic carbocycles. The molecule has 2 unspecified atom stereocenters. The number of carbonyl (C=O) groups excluding carboxylic acids is 3. The van der Waals surface area contributed by atoms with E-state index in [4.69, 9.17) is 9.47 Å². The fraction of sp³-hybridized carbons (Fsp3) is 0.455. The number of aryl methyl sites for hydroxylation is 1. The third-order valence-electron chi connectivity index (χ3n) is 8.05. The van der Waals surface area contributed by atoms with Gasteiger partial charge in [0, 0.05) is 61.4 Å². The van der Waals surface area contributed by atoms with E-state index < -0.39 is 23.8 Å². The van der Waals surface area contributed by atoms with Crippen LogP contribution in [0.2, 0.25) is 0 Å². The molecule has 0 radical (unpaired) electrons. The van der Waals surface area contributed by atoms with Crippen molar-refractivity contribution < 1.29 is 23.9 Å². The van der Waals surface area contributed by atoms with E-state index in [2.05, 4.69) is 56.6 Å². The first kappa shape index (κ1) is 31.7. The fourth-order valence-electron chi connectivity index (χ4n) is 5.92. The van der Waals surface area contributed by atoms with Gasteiger partial charge in [0.2, 0.25) is 0 Å². The van der Waals surface area contributed by atoms with Crippen molar-refractivity contribution in [1.82, 2.24) is 10.2 Å². The topological polar surface area (TPSA) is 113 Å². The first-order chi connectivity index (χ1) is 20.7. The van der Waals surface area contributed by atoms with E-state index in [0.29, 0.717) is 34.8 Å². The van der Waals surface area contributed by atoms with Crippen LogP contribution in [0, 0.1) is 12.8 Å². The summed E-state index contributed by atoms with van der Waals surface area (Å²) in [6.45, 7) is 13.0. The number of aliphatic imine (C=N–C) groups is 1. The zero-order valence-corrected chi connectivity index (χ0v) is 25.8. The van der Waals surface area contributed by atoms with Gasteiger partial charge in [-0.05, 0) is 70.0 Å². The van der Waals surface area contributed by atoms with Crippen molar-refractivity contribution in [1.29, 1.82) is 0 Å². The molecule has 4 rings (SSSR count). The highest BCUT2D eigenvalue weighted by molar-refractivity contribution is 6.07. The Labute approximate surface area is 254 Å². The normalized spacial score (nSPS) is 19.0. The first-order valence-corrected chi connectivity index (χ1v) is 14.9. The lowest BCUT2D eigenvalue weighted by Crippen LogP contribution is -2.47. The first-order valence-electron chi connectivity index (χ1n) is 14.9. The lowest BCUT2D eigenvalue weighted by molar-refractivity contribution is -0.144. The molecule has 2 amide bonds. The van der Waals surface area contributed by atoms with Crippen LogP contribution in [0.3, 0.4) is 0 Å². The summed E-state index contributed by atoms with van der Waals surface area (Å²) in [5.41, 5.74) is 5.18. The maximum atomic E-state index is 13.0. The van der Waals surface area contributed by atoms with Gasteiger partial charge in [0.05, 0.1) is 19.3 Å². The number of urea groups is 1. The van der Waals surface area contributed by atoms with Crippen molar-refractivity contribution in [3.05, 3.63) is 70.9 Å². The highest BCUT2D eigenvalue weighted by atomic mass is 16.5. The number of para-hydroxylation sites is 1. The average Bonchev–Trinajstić information content (AvgIpc) is 2.99. The number of amides is 2. The Morgan fingerprint density at radius 2 is 1.74 bits per heavy atom. The Morgan fingerprint density at radius 1 is 1.00 bits per heavy atom. The molecule has 2 atom stereocenters. The number of allylic oxidation sites excluding steroid dienone is 1. The molecule has 2 N–H and O–H groups in total. The van der Waals surface area contributed by atoms with Crippen LogP contribution in [0.4, 0.5) is 16.2 Å². The van der Waals surface area contributed by atoms with E-state index in [1.54, 1.807) is 39.0 Å². The Hall–Kier alpha value is -4.18. The molecule has 0 spiro atoms. The number of hydrogen-bond acceptors (Lipinski definition) is 8. The zero-order valence-electron chi connectivity index (χ0n) is 25.8. The average molecular weight is 590 g/mol. The number of ether oxygens (including phenoxy) is 2. The minimum atomic E-state index is -0.796. The van der Waals surface area contributed by atoms with E-state index >= 15 is 0 Å². The number of anilines is 2. The molecule has 230 valence electrons. The van der Waals surface area contributed by atoms with Gasteiger partial charge in [0.1, 0.15) is 5.92 Å². The molecule has 1 saturated heterocycles. The van der Waals surface area contributed by atoms with E-state index in [9.17, 15) is 14.4 Å². The third-order valence-corrected chi connectivity index (χ3v) is 8.05. The summed E-state index contributed by atoms with van der Waals surface area (Å²) in [7, 11) is 1.32. The Balaban J connectivity index is 1.33. The Morgan fingerprint density at radius 3 is 2.44 bits per heavy atom. The minimum absolute atomic E-state index is 0.194. The van der Waals surface area contributed by atoms with E-state index in [1.165, 1.54) is 18.4 Å². The molecule has 43 heavy (non-hydrogen) atoms. The quantitative estimate of drug-likeness (QED) is 0.310. The summed E-state index contributed by atoms with van der Waals surface area (Å²) < 4.78 is 10.4. The van der Waals surface area contributed by atoms with Crippen molar-refractivity contribution in [2.45, 2.75) is 40.0 Å². The molecule has 0 aliphatic carbocycles. The summed E-state index contributed by atoms with van der Waals surface area (Å²) in [6, 6.07) is 15.3. The van der Waals surface area contributed by atoms with Crippen LogP contribution in [0.25, 0.3) is 0 Å². The lowest BCUT2D eigenvalue weighted by Gasteiger charge is -2.36. The van der Waals surface area contributed by atoms with Crippen molar-refractivity contribution in [2.75, 3.05) is 63.2 Å². The van der Waals surface area contributed by atoms with Crippen LogP contribution in [0.1, 0.15) is 44.2 Å². The number of nitrogens with zero attached hydrogens (tertiary/aromatic N) is 3. The predicted molar refractivity (Wildman–Crippen MR) is 169 cm³/mol. The molecule has 2 aromatic rings. The number of hydrogen-bond donors (Lipinski definition) is 2. The van der Waals surface area contributed by atoms with Gasteiger partial charge in [0.25, 0.3) is 0 Å². The summed E-state index contributed by atoms with van der Waals surface area (Å²) in [5.74, 6) is -2.48. The smallest absolute Gasteiger partial charge is 0.336 e. The summed E-state index contributed by atoms with van der Waals surface area (Å²) in [5, 5.41) is 5.83. The highest BCUT2D eigenvalue weighted by Crippen LogP contribution is 2.40.